The Kier molecular flexibility index (Phi) is 4.70. The first-order valence-electron chi connectivity index (χ1n) is 6.17. The van der Waals surface area contributed by atoms with E-state index in [0.29, 0.717) is 11.1 Å². The first kappa shape index (κ1) is 14.9. The van der Waals surface area contributed by atoms with Gasteiger partial charge in [-0.1, -0.05) is 29.8 Å². The maximum absolute atomic E-state index is 13.9. The van der Waals surface area contributed by atoms with Crippen LogP contribution in [-0.4, -0.2) is 0 Å². The van der Waals surface area contributed by atoms with E-state index >= 15 is 0 Å². The lowest BCUT2D eigenvalue weighted by Crippen LogP contribution is -2.30. The average molecular weight is 297 g/mol. The molecular formula is C15H15ClF2N2. The van der Waals surface area contributed by atoms with Crippen molar-refractivity contribution < 1.29 is 8.78 Å². The molecule has 0 aliphatic rings. The van der Waals surface area contributed by atoms with Crippen molar-refractivity contribution in [2.75, 3.05) is 0 Å². The molecule has 0 heterocycles. The third-order valence-corrected chi connectivity index (χ3v) is 3.42. The zero-order valence-electron chi connectivity index (χ0n) is 11.0. The predicted molar refractivity (Wildman–Crippen MR) is 76.3 cm³/mol. The van der Waals surface area contributed by atoms with Gasteiger partial charge in [-0.2, -0.15) is 0 Å². The van der Waals surface area contributed by atoms with E-state index in [1.54, 1.807) is 19.1 Å². The molecular weight excluding hydrogens is 282 g/mol. The van der Waals surface area contributed by atoms with Crippen LogP contribution in [0.1, 0.15) is 22.7 Å². The number of hydrazine groups is 1. The minimum Gasteiger partial charge on any atom is -0.271 e. The molecule has 0 aliphatic heterocycles. The largest absolute Gasteiger partial charge is 0.271 e. The topological polar surface area (TPSA) is 38.0 Å². The Hall–Kier alpha value is -1.49. The van der Waals surface area contributed by atoms with Gasteiger partial charge in [-0.05, 0) is 48.2 Å². The van der Waals surface area contributed by atoms with Crippen molar-refractivity contribution >= 4 is 11.6 Å². The van der Waals surface area contributed by atoms with Crippen molar-refractivity contribution in [1.82, 2.24) is 5.43 Å². The standard InChI is InChI=1S/C15H15ClF2N2/c1-9-5-11(7-12(17)6-9)14(20-19)8-10-3-2-4-13(16)15(10)18/h2-7,14,20H,8,19H2,1H3. The second-order valence-corrected chi connectivity index (χ2v) is 5.11. The van der Waals surface area contributed by atoms with Gasteiger partial charge in [0, 0.05) is 0 Å². The minimum atomic E-state index is -0.470. The molecule has 2 aromatic rings. The van der Waals surface area contributed by atoms with Crippen molar-refractivity contribution in [3.63, 3.8) is 0 Å². The molecule has 1 unspecified atom stereocenters. The molecule has 20 heavy (non-hydrogen) atoms. The Morgan fingerprint density at radius 2 is 2.00 bits per heavy atom. The fourth-order valence-corrected chi connectivity index (χ4v) is 2.36. The monoisotopic (exact) mass is 296 g/mol. The van der Waals surface area contributed by atoms with Gasteiger partial charge in [0.25, 0.3) is 0 Å². The van der Waals surface area contributed by atoms with E-state index in [4.69, 9.17) is 17.4 Å². The van der Waals surface area contributed by atoms with Crippen LogP contribution in [0.4, 0.5) is 8.78 Å². The molecule has 0 saturated heterocycles. The Morgan fingerprint density at radius 3 is 2.65 bits per heavy atom. The molecule has 0 aliphatic carbocycles. The van der Waals surface area contributed by atoms with Gasteiger partial charge in [0.1, 0.15) is 11.6 Å². The highest BCUT2D eigenvalue weighted by atomic mass is 35.5. The van der Waals surface area contributed by atoms with Crippen LogP contribution in [0.2, 0.25) is 5.02 Å². The molecule has 0 bridgehead atoms. The molecule has 1 atom stereocenters. The molecule has 0 spiro atoms. The zero-order valence-corrected chi connectivity index (χ0v) is 11.7. The van der Waals surface area contributed by atoms with Crippen molar-refractivity contribution in [2.45, 2.75) is 19.4 Å². The van der Waals surface area contributed by atoms with Gasteiger partial charge in [-0.25, -0.2) is 8.78 Å². The summed E-state index contributed by atoms with van der Waals surface area (Å²) in [5.41, 5.74) is 4.48. The lowest BCUT2D eigenvalue weighted by molar-refractivity contribution is 0.524. The average Bonchev–Trinajstić information content (AvgIpc) is 2.39. The molecule has 3 N–H and O–H groups in total. The summed E-state index contributed by atoms with van der Waals surface area (Å²) >= 11 is 5.75. The second kappa shape index (κ2) is 6.31. The SMILES string of the molecule is Cc1cc(F)cc(C(Cc2cccc(Cl)c2F)NN)c1. The van der Waals surface area contributed by atoms with Gasteiger partial charge >= 0.3 is 0 Å². The lowest BCUT2D eigenvalue weighted by atomic mass is 9.97. The van der Waals surface area contributed by atoms with Crippen LogP contribution in [0.3, 0.4) is 0 Å². The van der Waals surface area contributed by atoms with E-state index in [0.717, 1.165) is 5.56 Å². The van der Waals surface area contributed by atoms with E-state index in [-0.39, 0.29) is 17.3 Å². The number of hydrogen-bond donors (Lipinski definition) is 2. The van der Waals surface area contributed by atoms with E-state index < -0.39 is 11.9 Å². The van der Waals surface area contributed by atoms with Gasteiger partial charge in [-0.15, -0.1) is 0 Å². The number of nitrogens with two attached hydrogens (primary N) is 1. The van der Waals surface area contributed by atoms with Crippen LogP contribution in [0.15, 0.2) is 36.4 Å². The summed E-state index contributed by atoms with van der Waals surface area (Å²) in [5.74, 6) is 4.70. The summed E-state index contributed by atoms with van der Waals surface area (Å²) in [6, 6.07) is 9.03. The number of benzene rings is 2. The summed E-state index contributed by atoms with van der Waals surface area (Å²) in [6.07, 6.45) is 0.284. The Morgan fingerprint density at radius 1 is 1.25 bits per heavy atom. The fraction of sp³-hybridized carbons (Fsp3) is 0.200. The molecule has 2 aromatic carbocycles. The molecule has 0 aromatic heterocycles. The third kappa shape index (κ3) is 3.33. The second-order valence-electron chi connectivity index (χ2n) is 4.70. The Balaban J connectivity index is 2.31. The lowest BCUT2D eigenvalue weighted by Gasteiger charge is -2.18. The Bertz CT molecular complexity index is 597. The number of aryl methyl sites for hydroxylation is 1. The van der Waals surface area contributed by atoms with Gasteiger partial charge in [0.2, 0.25) is 0 Å². The molecule has 2 rings (SSSR count). The number of rotatable bonds is 4. The Labute approximate surface area is 121 Å². The molecule has 0 saturated carbocycles. The van der Waals surface area contributed by atoms with Gasteiger partial charge in [-0.3, -0.25) is 11.3 Å². The molecule has 0 radical (unpaired) electrons. The summed E-state index contributed by atoms with van der Waals surface area (Å²) in [5, 5.41) is 0.0636. The van der Waals surface area contributed by atoms with E-state index in [1.807, 2.05) is 6.07 Å². The predicted octanol–water partition coefficient (Wildman–Crippen LogP) is 3.67. The summed E-state index contributed by atoms with van der Waals surface area (Å²) in [4.78, 5) is 0. The van der Waals surface area contributed by atoms with Crippen molar-refractivity contribution in [1.29, 1.82) is 0 Å². The number of nitrogens with one attached hydrogen (secondary N) is 1. The summed E-state index contributed by atoms with van der Waals surface area (Å²) < 4.78 is 27.3. The van der Waals surface area contributed by atoms with Crippen LogP contribution in [0.5, 0.6) is 0 Å². The number of halogens is 3. The highest BCUT2D eigenvalue weighted by Gasteiger charge is 2.15. The zero-order chi connectivity index (χ0) is 14.7. The maximum atomic E-state index is 13.9. The number of hydrogen-bond acceptors (Lipinski definition) is 2. The van der Waals surface area contributed by atoms with Crippen LogP contribution in [0, 0.1) is 18.6 Å². The van der Waals surface area contributed by atoms with Crippen molar-refractivity contribution in [2.24, 2.45) is 5.84 Å². The quantitative estimate of drug-likeness (QED) is 0.667. The van der Waals surface area contributed by atoms with Gasteiger partial charge in [0.05, 0.1) is 11.1 Å². The smallest absolute Gasteiger partial charge is 0.145 e. The van der Waals surface area contributed by atoms with Gasteiger partial charge in [0.15, 0.2) is 0 Å². The molecule has 2 nitrogen and oxygen atoms in total. The van der Waals surface area contributed by atoms with Crippen LogP contribution >= 0.6 is 11.6 Å². The highest BCUT2D eigenvalue weighted by molar-refractivity contribution is 6.30. The fourth-order valence-electron chi connectivity index (χ4n) is 2.16. The summed E-state index contributed by atoms with van der Waals surface area (Å²) in [6.45, 7) is 1.79. The molecule has 106 valence electrons. The van der Waals surface area contributed by atoms with Crippen LogP contribution < -0.4 is 11.3 Å². The van der Waals surface area contributed by atoms with Crippen molar-refractivity contribution in [3.8, 4) is 0 Å². The maximum Gasteiger partial charge on any atom is 0.145 e. The van der Waals surface area contributed by atoms with E-state index in [2.05, 4.69) is 5.43 Å². The first-order valence-corrected chi connectivity index (χ1v) is 6.55. The minimum absolute atomic E-state index is 0.0636. The summed E-state index contributed by atoms with van der Waals surface area (Å²) in [7, 11) is 0. The molecule has 0 amide bonds. The normalized spacial score (nSPS) is 12.4. The van der Waals surface area contributed by atoms with E-state index in [9.17, 15) is 8.78 Å². The molecule has 0 fully saturated rings. The first-order chi connectivity index (χ1) is 9.51. The highest BCUT2D eigenvalue weighted by Crippen LogP contribution is 2.24. The van der Waals surface area contributed by atoms with Crippen LogP contribution in [-0.2, 0) is 6.42 Å². The third-order valence-electron chi connectivity index (χ3n) is 3.12. The van der Waals surface area contributed by atoms with Crippen molar-refractivity contribution in [3.05, 3.63) is 69.7 Å². The van der Waals surface area contributed by atoms with Crippen LogP contribution in [0.25, 0.3) is 0 Å². The van der Waals surface area contributed by atoms with E-state index in [1.165, 1.54) is 18.2 Å². The van der Waals surface area contributed by atoms with Gasteiger partial charge < -0.3 is 0 Å². The molecule has 5 heteroatoms.